The van der Waals surface area contributed by atoms with Crippen LogP contribution in [0.1, 0.15) is 32.0 Å². The van der Waals surface area contributed by atoms with Crippen molar-refractivity contribution in [2.24, 2.45) is 5.41 Å². The zero-order valence-electron chi connectivity index (χ0n) is 11.5. The smallest absolute Gasteiger partial charge is 0.244 e. The average molecular weight is 252 g/mol. The number of hydrogen-bond donors (Lipinski definition) is 3. The molecule has 3 N–H and O–H groups in total. The van der Waals surface area contributed by atoms with E-state index in [1.807, 2.05) is 13.8 Å². The summed E-state index contributed by atoms with van der Waals surface area (Å²) in [6.07, 6.45) is 0. The maximum Gasteiger partial charge on any atom is 0.244 e. The molecule has 0 radical (unpaired) electrons. The van der Waals surface area contributed by atoms with Gasteiger partial charge in [-0.1, -0.05) is 20.8 Å². The maximum atomic E-state index is 11.6. The third-order valence-electron chi connectivity index (χ3n) is 2.60. The first kappa shape index (κ1) is 14.2. The zero-order valence-corrected chi connectivity index (χ0v) is 11.5. The number of amides is 2. The molecule has 1 heterocycles. The molecule has 0 fully saturated rings. The predicted molar refractivity (Wildman–Crippen MR) is 69.2 cm³/mol. The summed E-state index contributed by atoms with van der Waals surface area (Å²) < 4.78 is 0. The van der Waals surface area contributed by atoms with Gasteiger partial charge in [-0.3, -0.25) is 14.7 Å². The van der Waals surface area contributed by atoms with Gasteiger partial charge in [-0.05, 0) is 13.8 Å². The molecule has 1 aromatic rings. The molecule has 6 heteroatoms. The summed E-state index contributed by atoms with van der Waals surface area (Å²) in [5.74, 6) is 0.0530. The van der Waals surface area contributed by atoms with E-state index in [4.69, 9.17) is 0 Å². The third-order valence-corrected chi connectivity index (χ3v) is 2.60. The number of nitrogens with one attached hydrogen (secondary N) is 3. The lowest BCUT2D eigenvalue weighted by atomic mass is 9.96. The Morgan fingerprint density at radius 3 is 2.33 bits per heavy atom. The molecule has 2 amide bonds. The predicted octanol–water partition coefficient (Wildman–Crippen LogP) is 1.13. The monoisotopic (exact) mass is 252 g/mol. The molecular formula is C12H20N4O2. The van der Waals surface area contributed by atoms with Gasteiger partial charge in [0.1, 0.15) is 0 Å². The minimum Gasteiger partial charge on any atom is -0.347 e. The van der Waals surface area contributed by atoms with Crippen molar-refractivity contribution < 1.29 is 9.59 Å². The molecule has 1 rings (SSSR count). The SMILES string of the molecule is Cc1[nH]nc(NC(=O)CNC(=O)C(C)(C)C)c1C. The number of carbonyl (C=O) groups is 2. The molecule has 1 aromatic heterocycles. The normalized spacial score (nSPS) is 11.2. The van der Waals surface area contributed by atoms with E-state index >= 15 is 0 Å². The lowest BCUT2D eigenvalue weighted by Gasteiger charge is -2.17. The molecule has 0 saturated heterocycles. The van der Waals surface area contributed by atoms with Crippen molar-refractivity contribution in [3.63, 3.8) is 0 Å². The highest BCUT2D eigenvalue weighted by atomic mass is 16.2. The van der Waals surface area contributed by atoms with E-state index in [2.05, 4.69) is 20.8 Å². The van der Waals surface area contributed by atoms with E-state index in [0.717, 1.165) is 11.3 Å². The summed E-state index contributed by atoms with van der Waals surface area (Å²) in [5, 5.41) is 12.0. The standard InChI is InChI=1S/C12H20N4O2/c1-7-8(2)15-16-10(7)14-9(17)6-13-11(18)12(3,4)5/h6H2,1-5H3,(H,13,18)(H2,14,15,16,17). The molecule has 0 aliphatic carbocycles. The van der Waals surface area contributed by atoms with E-state index in [0.29, 0.717) is 5.82 Å². The van der Waals surface area contributed by atoms with Crippen LogP contribution in [0, 0.1) is 19.3 Å². The van der Waals surface area contributed by atoms with E-state index in [1.54, 1.807) is 20.8 Å². The zero-order chi connectivity index (χ0) is 13.9. The Labute approximate surface area is 107 Å². The van der Waals surface area contributed by atoms with Crippen LogP contribution in [0.3, 0.4) is 0 Å². The Bertz CT molecular complexity index is 457. The van der Waals surface area contributed by atoms with Crippen LogP contribution in [0.4, 0.5) is 5.82 Å². The Morgan fingerprint density at radius 2 is 1.89 bits per heavy atom. The Balaban J connectivity index is 2.49. The lowest BCUT2D eigenvalue weighted by Crippen LogP contribution is -2.39. The molecule has 0 saturated carbocycles. The molecule has 0 atom stereocenters. The van der Waals surface area contributed by atoms with Crippen molar-refractivity contribution >= 4 is 17.6 Å². The minimum absolute atomic E-state index is 0.0541. The molecule has 0 aromatic carbocycles. The van der Waals surface area contributed by atoms with Gasteiger partial charge in [0.15, 0.2) is 5.82 Å². The molecule has 0 unspecified atom stereocenters. The van der Waals surface area contributed by atoms with Gasteiger partial charge in [0.25, 0.3) is 0 Å². The third kappa shape index (κ3) is 3.58. The second-order valence-electron chi connectivity index (χ2n) is 5.30. The Kier molecular flexibility index (Phi) is 4.11. The first-order valence-corrected chi connectivity index (χ1v) is 5.81. The molecule has 6 nitrogen and oxygen atoms in total. The number of rotatable bonds is 3. The molecule has 0 bridgehead atoms. The van der Waals surface area contributed by atoms with Gasteiger partial charge < -0.3 is 10.6 Å². The largest absolute Gasteiger partial charge is 0.347 e. The van der Waals surface area contributed by atoms with Gasteiger partial charge in [0.2, 0.25) is 11.8 Å². The second-order valence-corrected chi connectivity index (χ2v) is 5.30. The summed E-state index contributed by atoms with van der Waals surface area (Å²) >= 11 is 0. The van der Waals surface area contributed by atoms with Crippen LogP contribution >= 0.6 is 0 Å². The van der Waals surface area contributed by atoms with Crippen LogP contribution in [0.15, 0.2) is 0 Å². The number of carbonyl (C=O) groups excluding carboxylic acids is 2. The molecule has 0 aliphatic rings. The number of H-pyrrole nitrogens is 1. The molecule has 0 aliphatic heterocycles. The van der Waals surface area contributed by atoms with Gasteiger partial charge >= 0.3 is 0 Å². The first-order chi connectivity index (χ1) is 8.21. The van der Waals surface area contributed by atoms with Gasteiger partial charge in [0.05, 0.1) is 6.54 Å². The van der Waals surface area contributed by atoms with Crippen molar-refractivity contribution in [2.75, 3.05) is 11.9 Å². The first-order valence-electron chi connectivity index (χ1n) is 5.81. The number of aromatic nitrogens is 2. The van der Waals surface area contributed by atoms with Crippen molar-refractivity contribution in [1.82, 2.24) is 15.5 Å². The van der Waals surface area contributed by atoms with Crippen LogP contribution in [0.25, 0.3) is 0 Å². The highest BCUT2D eigenvalue weighted by Crippen LogP contribution is 2.14. The molecular weight excluding hydrogens is 232 g/mol. The topological polar surface area (TPSA) is 86.9 Å². The van der Waals surface area contributed by atoms with E-state index in [9.17, 15) is 9.59 Å². The highest BCUT2D eigenvalue weighted by molar-refractivity contribution is 5.95. The lowest BCUT2D eigenvalue weighted by molar-refractivity contribution is -0.130. The fraction of sp³-hybridized carbons (Fsp3) is 0.583. The molecule has 100 valence electrons. The van der Waals surface area contributed by atoms with Crippen molar-refractivity contribution in [2.45, 2.75) is 34.6 Å². The fourth-order valence-electron chi connectivity index (χ4n) is 1.21. The number of nitrogens with zero attached hydrogens (tertiary/aromatic N) is 1. The number of aromatic amines is 1. The Hall–Kier alpha value is -1.85. The fourth-order valence-corrected chi connectivity index (χ4v) is 1.21. The van der Waals surface area contributed by atoms with Gasteiger partial charge in [-0.25, -0.2) is 0 Å². The van der Waals surface area contributed by atoms with Gasteiger partial charge in [-0.2, -0.15) is 5.10 Å². The minimum atomic E-state index is -0.501. The van der Waals surface area contributed by atoms with Crippen LogP contribution in [-0.4, -0.2) is 28.6 Å². The van der Waals surface area contributed by atoms with Crippen molar-refractivity contribution in [3.8, 4) is 0 Å². The van der Waals surface area contributed by atoms with Crippen molar-refractivity contribution in [1.29, 1.82) is 0 Å². The van der Waals surface area contributed by atoms with E-state index in [1.165, 1.54) is 0 Å². The van der Waals surface area contributed by atoms with Crippen molar-refractivity contribution in [3.05, 3.63) is 11.3 Å². The van der Waals surface area contributed by atoms with E-state index < -0.39 is 5.41 Å². The summed E-state index contributed by atoms with van der Waals surface area (Å²) in [6, 6.07) is 0. The Morgan fingerprint density at radius 1 is 1.28 bits per heavy atom. The molecule has 18 heavy (non-hydrogen) atoms. The number of hydrogen-bond acceptors (Lipinski definition) is 3. The summed E-state index contributed by atoms with van der Waals surface area (Å²) in [6.45, 7) is 9.06. The summed E-state index contributed by atoms with van der Waals surface area (Å²) in [5.41, 5.74) is 1.30. The van der Waals surface area contributed by atoms with Crippen LogP contribution in [0.2, 0.25) is 0 Å². The number of aryl methyl sites for hydroxylation is 1. The summed E-state index contributed by atoms with van der Waals surface area (Å²) in [4.78, 5) is 23.2. The summed E-state index contributed by atoms with van der Waals surface area (Å²) in [7, 11) is 0. The average Bonchev–Trinajstić information content (AvgIpc) is 2.56. The maximum absolute atomic E-state index is 11.6. The highest BCUT2D eigenvalue weighted by Gasteiger charge is 2.21. The van der Waals surface area contributed by atoms with Crippen LogP contribution < -0.4 is 10.6 Å². The molecule has 0 spiro atoms. The van der Waals surface area contributed by atoms with Crippen LogP contribution in [-0.2, 0) is 9.59 Å². The van der Waals surface area contributed by atoms with Gasteiger partial charge in [-0.15, -0.1) is 0 Å². The number of anilines is 1. The quantitative estimate of drug-likeness (QED) is 0.753. The second kappa shape index (κ2) is 5.20. The van der Waals surface area contributed by atoms with Crippen LogP contribution in [0.5, 0.6) is 0 Å². The van der Waals surface area contributed by atoms with Gasteiger partial charge in [0, 0.05) is 16.7 Å². The van der Waals surface area contributed by atoms with E-state index in [-0.39, 0.29) is 18.4 Å².